The van der Waals surface area contributed by atoms with Gasteiger partial charge in [-0.25, -0.2) is 0 Å². The molecular weight excluding hydrogens is 510 g/mol. The van der Waals surface area contributed by atoms with Crippen LogP contribution in [0.25, 0.3) is 6.08 Å². The molecule has 0 saturated heterocycles. The van der Waals surface area contributed by atoms with Crippen molar-refractivity contribution in [1.29, 1.82) is 0 Å². The first-order chi connectivity index (χ1) is 18.9. The van der Waals surface area contributed by atoms with Crippen molar-refractivity contribution >= 4 is 45.4 Å². The number of ketones is 2. The van der Waals surface area contributed by atoms with Gasteiger partial charge in [0.25, 0.3) is 0 Å². The maximum atomic E-state index is 13.7. The number of hydrogen-bond acceptors (Lipinski definition) is 4. The van der Waals surface area contributed by atoms with E-state index in [1.54, 1.807) is 11.3 Å². The van der Waals surface area contributed by atoms with Crippen LogP contribution in [-0.4, -0.2) is 11.6 Å². The number of nitrogens with zero attached hydrogens (tertiary/aromatic N) is 1. The molecule has 0 unspecified atom stereocenters. The summed E-state index contributed by atoms with van der Waals surface area (Å²) in [5.41, 5.74) is 12.7. The minimum atomic E-state index is -0.235. The fourth-order valence-corrected chi connectivity index (χ4v) is 8.50. The van der Waals surface area contributed by atoms with Crippen LogP contribution in [-0.2, 0) is 10.8 Å². The number of thiophene rings is 1. The molecule has 4 aromatic rings. The van der Waals surface area contributed by atoms with Crippen molar-refractivity contribution in [2.24, 2.45) is 0 Å². The lowest BCUT2D eigenvalue weighted by atomic mass is 9.67. The van der Waals surface area contributed by atoms with Crippen molar-refractivity contribution in [2.45, 2.75) is 66.2 Å². The second kappa shape index (κ2) is 7.92. The molecule has 1 aromatic heterocycles. The molecule has 2 aliphatic heterocycles. The summed E-state index contributed by atoms with van der Waals surface area (Å²) in [6, 6.07) is 17.6. The van der Waals surface area contributed by atoms with Crippen molar-refractivity contribution in [3.8, 4) is 0 Å². The molecule has 0 saturated carbocycles. The predicted octanol–water partition coefficient (Wildman–Crippen LogP) is 9.19. The maximum Gasteiger partial charge on any atom is 0.198 e. The number of Topliss-reactive ketones (excluding diaryl/α,β-unsaturated/α-hetero) is 2. The summed E-state index contributed by atoms with van der Waals surface area (Å²) in [5.74, 6) is -0.296. The lowest BCUT2D eigenvalue weighted by molar-refractivity contribution is 0.0990. The minimum Gasteiger partial charge on any atom is -0.301 e. The van der Waals surface area contributed by atoms with Gasteiger partial charge in [-0.1, -0.05) is 64.1 Å². The van der Waals surface area contributed by atoms with Crippen LogP contribution in [0.4, 0.5) is 16.4 Å². The molecule has 0 spiro atoms. The van der Waals surface area contributed by atoms with Gasteiger partial charge in [0, 0.05) is 26.8 Å². The van der Waals surface area contributed by atoms with Crippen LogP contribution in [0.1, 0.15) is 97.8 Å². The van der Waals surface area contributed by atoms with Gasteiger partial charge in [-0.15, -0.1) is 11.3 Å². The van der Waals surface area contributed by atoms with Gasteiger partial charge in [0.05, 0.1) is 16.9 Å². The Balaban J connectivity index is 1.44. The van der Waals surface area contributed by atoms with E-state index in [9.17, 15) is 9.59 Å². The summed E-state index contributed by atoms with van der Waals surface area (Å²) in [4.78, 5) is 30.8. The van der Waals surface area contributed by atoms with Crippen LogP contribution in [0.5, 0.6) is 0 Å². The van der Waals surface area contributed by atoms with Crippen molar-refractivity contribution in [2.75, 3.05) is 4.90 Å². The number of allylic oxidation sites excluding steroid dienone is 1. The van der Waals surface area contributed by atoms with Crippen molar-refractivity contribution < 1.29 is 9.59 Å². The summed E-state index contributed by atoms with van der Waals surface area (Å²) < 4.78 is 0. The van der Waals surface area contributed by atoms with Crippen LogP contribution in [0.15, 0.2) is 54.1 Å². The third-order valence-electron chi connectivity index (χ3n) is 9.95. The van der Waals surface area contributed by atoms with Gasteiger partial charge in [0.1, 0.15) is 5.00 Å². The van der Waals surface area contributed by atoms with E-state index in [1.807, 2.05) is 33.8 Å². The lowest BCUT2D eigenvalue weighted by Crippen LogP contribution is -2.37. The number of carbonyl (C=O) groups excluding carboxylic acids is 2. The molecule has 3 aliphatic rings. The van der Waals surface area contributed by atoms with E-state index in [1.165, 1.54) is 33.6 Å². The fourth-order valence-electron chi connectivity index (χ4n) is 7.22. The summed E-state index contributed by atoms with van der Waals surface area (Å²) in [6.07, 6.45) is 1.85. The SMILES string of the molecule is Cc1c(C)c(C)c2c(c1C)C(=O)C(=Cc1cc3c(s1)N1c4ccccc4C(C)(C)c4cccc(c41)C3(C)C)C2=O. The molecule has 0 radical (unpaired) electrons. The van der Waals surface area contributed by atoms with Gasteiger partial charge < -0.3 is 4.90 Å². The Morgan fingerprint density at radius 2 is 1.20 bits per heavy atom. The molecule has 0 amide bonds. The van der Waals surface area contributed by atoms with E-state index < -0.39 is 0 Å². The average Bonchev–Trinajstić information content (AvgIpc) is 3.46. The molecule has 3 aromatic carbocycles. The molecule has 0 atom stereocenters. The summed E-state index contributed by atoms with van der Waals surface area (Å²) in [5, 5.41) is 1.16. The third kappa shape index (κ3) is 2.95. The van der Waals surface area contributed by atoms with E-state index >= 15 is 0 Å². The van der Waals surface area contributed by atoms with E-state index in [4.69, 9.17) is 0 Å². The fraction of sp³-hybridized carbons (Fsp3) is 0.278. The number of rotatable bonds is 1. The van der Waals surface area contributed by atoms with Crippen LogP contribution < -0.4 is 4.90 Å². The first-order valence-electron chi connectivity index (χ1n) is 14.0. The third-order valence-corrected chi connectivity index (χ3v) is 11.0. The van der Waals surface area contributed by atoms with Crippen molar-refractivity contribution in [3.05, 3.63) is 115 Å². The molecular formula is C36H33NO2S. The Hall–Kier alpha value is -3.76. The normalized spacial score (nSPS) is 17.4. The van der Waals surface area contributed by atoms with Crippen LogP contribution >= 0.6 is 11.3 Å². The number of anilines is 3. The van der Waals surface area contributed by atoms with Gasteiger partial charge >= 0.3 is 0 Å². The Labute approximate surface area is 240 Å². The smallest absolute Gasteiger partial charge is 0.198 e. The number of hydrogen-bond donors (Lipinski definition) is 0. The Bertz CT molecular complexity index is 1830. The number of carbonyl (C=O) groups is 2. The molecule has 3 nitrogen and oxygen atoms in total. The standard InChI is InChI=1S/C36H33NO2S/c1-18-19(2)21(4)30-29(20(18)3)32(38)23(33(30)39)16-22-17-27-34(40-22)37-28-15-10-9-12-24(28)35(5,6)25-13-11-14-26(31(25)37)36(27,7)8/h9-17H,1-8H3. The molecule has 0 fully saturated rings. The zero-order chi connectivity index (χ0) is 28.5. The van der Waals surface area contributed by atoms with Gasteiger partial charge in [0.15, 0.2) is 11.6 Å². The second-order valence-electron chi connectivity index (χ2n) is 12.6. The molecule has 0 N–H and O–H groups in total. The summed E-state index contributed by atoms with van der Waals surface area (Å²) in [6.45, 7) is 17.2. The zero-order valence-electron chi connectivity index (χ0n) is 24.4. The number of benzene rings is 3. The quantitative estimate of drug-likeness (QED) is 0.177. The highest BCUT2D eigenvalue weighted by atomic mass is 32.1. The monoisotopic (exact) mass is 543 g/mol. The summed E-state index contributed by atoms with van der Waals surface area (Å²) >= 11 is 1.67. The second-order valence-corrected chi connectivity index (χ2v) is 13.7. The van der Waals surface area contributed by atoms with E-state index in [0.717, 1.165) is 32.1 Å². The Morgan fingerprint density at radius 1 is 0.675 bits per heavy atom. The predicted molar refractivity (Wildman–Crippen MR) is 165 cm³/mol. The largest absolute Gasteiger partial charge is 0.301 e. The van der Waals surface area contributed by atoms with Gasteiger partial charge in [-0.2, -0.15) is 0 Å². The van der Waals surface area contributed by atoms with Crippen LogP contribution in [0.3, 0.4) is 0 Å². The minimum absolute atomic E-state index is 0.130. The molecule has 40 heavy (non-hydrogen) atoms. The Kier molecular flexibility index (Phi) is 4.99. The molecule has 0 bridgehead atoms. The molecule has 3 heterocycles. The van der Waals surface area contributed by atoms with E-state index in [0.29, 0.717) is 11.1 Å². The Morgan fingerprint density at radius 3 is 1.80 bits per heavy atom. The van der Waals surface area contributed by atoms with E-state index in [2.05, 4.69) is 81.1 Å². The van der Waals surface area contributed by atoms with E-state index in [-0.39, 0.29) is 28.0 Å². The average molecular weight is 544 g/mol. The number of fused-ring (bicyclic) bond motifs is 5. The van der Waals surface area contributed by atoms with Crippen LogP contribution in [0, 0.1) is 27.7 Å². The highest BCUT2D eigenvalue weighted by molar-refractivity contribution is 7.17. The first kappa shape index (κ1) is 25.2. The highest BCUT2D eigenvalue weighted by Gasteiger charge is 2.46. The topological polar surface area (TPSA) is 37.4 Å². The molecule has 4 heteroatoms. The lowest BCUT2D eigenvalue weighted by Gasteiger charge is -2.48. The van der Waals surface area contributed by atoms with Gasteiger partial charge in [-0.05, 0) is 90.4 Å². The zero-order valence-corrected chi connectivity index (χ0v) is 25.2. The highest BCUT2D eigenvalue weighted by Crippen LogP contribution is 2.61. The number of para-hydroxylation sites is 2. The van der Waals surface area contributed by atoms with Crippen LogP contribution in [0.2, 0.25) is 0 Å². The molecule has 7 rings (SSSR count). The van der Waals surface area contributed by atoms with Gasteiger partial charge in [0.2, 0.25) is 0 Å². The maximum absolute atomic E-state index is 13.7. The molecule has 200 valence electrons. The molecule has 1 aliphatic carbocycles. The summed E-state index contributed by atoms with van der Waals surface area (Å²) in [7, 11) is 0. The van der Waals surface area contributed by atoms with Crippen molar-refractivity contribution in [1.82, 2.24) is 0 Å². The first-order valence-corrected chi connectivity index (χ1v) is 14.8. The van der Waals surface area contributed by atoms with Crippen molar-refractivity contribution in [3.63, 3.8) is 0 Å². The van der Waals surface area contributed by atoms with Gasteiger partial charge in [-0.3, -0.25) is 9.59 Å².